The molecule has 0 saturated heterocycles. The number of halogens is 1. The molecule has 8 heteroatoms. The van der Waals surface area contributed by atoms with Crippen molar-refractivity contribution in [1.29, 1.82) is 0 Å². The molecular weight excluding hydrogens is 372 g/mol. The standard InChI is InChI=1S/C18H15ClN4O2S/c1-10(19)8-14(24)22-17-15(16(20)25)23-18(26-17)21-13-7-6-11-4-2-3-5-12(11)9-13/h2-9H,1H3,(H2,20,25)(H,21,23)(H,22,24)/b10-8+. The number of fused-ring (bicyclic) bond motifs is 1. The molecule has 0 unspecified atom stereocenters. The number of aromatic nitrogens is 1. The fourth-order valence-electron chi connectivity index (χ4n) is 2.34. The summed E-state index contributed by atoms with van der Waals surface area (Å²) in [6, 6.07) is 13.8. The molecule has 0 aliphatic heterocycles. The molecule has 0 aliphatic rings. The second-order valence-corrected chi connectivity index (χ2v) is 7.06. The minimum absolute atomic E-state index is 0.00716. The third-order valence-electron chi connectivity index (χ3n) is 3.43. The van der Waals surface area contributed by atoms with E-state index in [1.54, 1.807) is 6.92 Å². The maximum atomic E-state index is 11.8. The first-order valence-electron chi connectivity index (χ1n) is 7.63. The number of benzene rings is 2. The van der Waals surface area contributed by atoms with Gasteiger partial charge in [-0.15, -0.1) is 0 Å². The molecule has 0 radical (unpaired) electrons. The predicted molar refractivity (Wildman–Crippen MR) is 106 cm³/mol. The lowest BCUT2D eigenvalue weighted by Gasteiger charge is -2.04. The zero-order valence-electron chi connectivity index (χ0n) is 13.7. The van der Waals surface area contributed by atoms with Gasteiger partial charge in [-0.3, -0.25) is 9.59 Å². The monoisotopic (exact) mass is 386 g/mol. The molecule has 2 amide bonds. The van der Waals surface area contributed by atoms with Crippen LogP contribution in [0.25, 0.3) is 10.8 Å². The van der Waals surface area contributed by atoms with Gasteiger partial charge in [-0.2, -0.15) is 0 Å². The van der Waals surface area contributed by atoms with E-state index in [0.717, 1.165) is 27.8 Å². The molecule has 1 heterocycles. The highest BCUT2D eigenvalue weighted by Crippen LogP contribution is 2.31. The number of anilines is 3. The smallest absolute Gasteiger partial charge is 0.270 e. The molecule has 1 aromatic heterocycles. The lowest BCUT2D eigenvalue weighted by molar-refractivity contribution is -0.111. The normalized spacial score (nSPS) is 11.4. The van der Waals surface area contributed by atoms with E-state index >= 15 is 0 Å². The first-order chi connectivity index (χ1) is 12.4. The molecule has 3 rings (SSSR count). The highest BCUT2D eigenvalue weighted by Gasteiger charge is 2.17. The number of amides is 2. The Bertz CT molecular complexity index is 1020. The molecule has 0 bridgehead atoms. The predicted octanol–water partition coefficient (Wildman–Crippen LogP) is 4.22. The van der Waals surface area contributed by atoms with Crippen molar-refractivity contribution in [3.63, 3.8) is 0 Å². The van der Waals surface area contributed by atoms with Gasteiger partial charge in [-0.25, -0.2) is 4.98 Å². The van der Waals surface area contributed by atoms with Crippen molar-refractivity contribution in [2.24, 2.45) is 5.73 Å². The van der Waals surface area contributed by atoms with Crippen molar-refractivity contribution in [2.75, 3.05) is 10.6 Å². The highest BCUT2D eigenvalue weighted by molar-refractivity contribution is 7.20. The molecule has 132 valence electrons. The van der Waals surface area contributed by atoms with Crippen molar-refractivity contribution >= 4 is 61.3 Å². The van der Waals surface area contributed by atoms with Crippen LogP contribution in [-0.2, 0) is 4.79 Å². The van der Waals surface area contributed by atoms with E-state index in [4.69, 9.17) is 17.3 Å². The van der Waals surface area contributed by atoms with E-state index < -0.39 is 11.8 Å². The van der Waals surface area contributed by atoms with Gasteiger partial charge in [-0.1, -0.05) is 53.3 Å². The fourth-order valence-corrected chi connectivity index (χ4v) is 3.34. The number of allylic oxidation sites excluding steroid dienone is 1. The fraction of sp³-hybridized carbons (Fsp3) is 0.0556. The third kappa shape index (κ3) is 4.19. The molecule has 26 heavy (non-hydrogen) atoms. The average Bonchev–Trinajstić information content (AvgIpc) is 2.96. The van der Waals surface area contributed by atoms with Gasteiger partial charge in [0.25, 0.3) is 5.91 Å². The molecule has 0 fully saturated rings. The van der Waals surface area contributed by atoms with Crippen molar-refractivity contribution in [3.8, 4) is 0 Å². The minimum Gasteiger partial charge on any atom is -0.364 e. The first kappa shape index (κ1) is 17.9. The van der Waals surface area contributed by atoms with E-state index in [1.165, 1.54) is 6.08 Å². The molecular formula is C18H15ClN4O2S. The maximum absolute atomic E-state index is 11.8. The van der Waals surface area contributed by atoms with Crippen LogP contribution in [0.2, 0.25) is 0 Å². The number of nitrogens with two attached hydrogens (primary N) is 1. The number of rotatable bonds is 5. The van der Waals surface area contributed by atoms with Crippen molar-refractivity contribution in [1.82, 2.24) is 4.98 Å². The lowest BCUT2D eigenvalue weighted by Crippen LogP contribution is -2.16. The van der Waals surface area contributed by atoms with Gasteiger partial charge >= 0.3 is 0 Å². The Morgan fingerprint density at radius 1 is 1.19 bits per heavy atom. The molecule has 6 nitrogen and oxygen atoms in total. The van der Waals surface area contributed by atoms with Crippen LogP contribution < -0.4 is 16.4 Å². The quantitative estimate of drug-likeness (QED) is 0.572. The first-order valence-corrected chi connectivity index (χ1v) is 8.83. The summed E-state index contributed by atoms with van der Waals surface area (Å²) < 4.78 is 0. The Morgan fingerprint density at radius 2 is 1.92 bits per heavy atom. The van der Waals surface area contributed by atoms with Gasteiger partial charge in [0.1, 0.15) is 5.00 Å². The van der Waals surface area contributed by atoms with Crippen LogP contribution in [0.5, 0.6) is 0 Å². The zero-order chi connectivity index (χ0) is 18.7. The molecule has 0 aliphatic carbocycles. The SMILES string of the molecule is C/C(Cl)=C\C(=O)Nc1sc(Nc2ccc3ccccc3c2)nc1C(N)=O. The van der Waals surface area contributed by atoms with Crippen LogP contribution in [-0.4, -0.2) is 16.8 Å². The molecule has 2 aromatic carbocycles. The molecule has 3 aromatic rings. The van der Waals surface area contributed by atoms with E-state index in [9.17, 15) is 9.59 Å². The van der Waals surface area contributed by atoms with E-state index in [-0.39, 0.29) is 10.7 Å². The topological polar surface area (TPSA) is 97.1 Å². The van der Waals surface area contributed by atoms with Gasteiger partial charge < -0.3 is 16.4 Å². The zero-order valence-corrected chi connectivity index (χ0v) is 15.3. The van der Waals surface area contributed by atoms with Crippen LogP contribution in [0, 0.1) is 0 Å². The Balaban J connectivity index is 1.87. The van der Waals surface area contributed by atoms with Crippen LogP contribution >= 0.6 is 22.9 Å². The Hall–Kier alpha value is -2.90. The number of thiazole rings is 1. The van der Waals surface area contributed by atoms with Gasteiger partial charge in [0.15, 0.2) is 10.8 Å². The third-order valence-corrected chi connectivity index (χ3v) is 4.42. The number of primary amides is 1. The summed E-state index contributed by atoms with van der Waals surface area (Å²) >= 11 is 6.80. The number of carbonyl (C=O) groups is 2. The second kappa shape index (κ2) is 7.55. The van der Waals surface area contributed by atoms with Gasteiger partial charge in [-0.05, 0) is 29.8 Å². The second-order valence-electron chi connectivity index (χ2n) is 5.47. The van der Waals surface area contributed by atoms with E-state index in [2.05, 4.69) is 15.6 Å². The maximum Gasteiger partial charge on any atom is 0.270 e. The van der Waals surface area contributed by atoms with Crippen LogP contribution in [0.4, 0.5) is 15.8 Å². The summed E-state index contributed by atoms with van der Waals surface area (Å²) in [7, 11) is 0. The van der Waals surface area contributed by atoms with Crippen LogP contribution in [0.15, 0.2) is 53.6 Å². The van der Waals surface area contributed by atoms with Crippen molar-refractivity contribution < 1.29 is 9.59 Å². The lowest BCUT2D eigenvalue weighted by atomic mass is 10.1. The number of nitrogens with one attached hydrogen (secondary N) is 2. The largest absolute Gasteiger partial charge is 0.364 e. The van der Waals surface area contributed by atoms with E-state index in [1.807, 2.05) is 42.5 Å². The summed E-state index contributed by atoms with van der Waals surface area (Å²) in [5.41, 5.74) is 6.16. The summed E-state index contributed by atoms with van der Waals surface area (Å²) in [6.45, 7) is 1.58. The number of carbonyl (C=O) groups excluding carboxylic acids is 2. The summed E-state index contributed by atoms with van der Waals surface area (Å²) in [5.74, 6) is -1.18. The average molecular weight is 387 g/mol. The molecule has 0 atom stereocenters. The van der Waals surface area contributed by atoms with Gasteiger partial charge in [0.05, 0.1) is 0 Å². The Kier molecular flexibility index (Phi) is 5.20. The number of hydrogen-bond acceptors (Lipinski definition) is 5. The van der Waals surface area contributed by atoms with E-state index in [0.29, 0.717) is 10.2 Å². The van der Waals surface area contributed by atoms with Crippen LogP contribution in [0.3, 0.4) is 0 Å². The summed E-state index contributed by atoms with van der Waals surface area (Å²) in [4.78, 5) is 27.6. The Labute approximate surface area is 158 Å². The summed E-state index contributed by atoms with van der Waals surface area (Å²) in [6.07, 6.45) is 1.21. The molecule has 4 N–H and O–H groups in total. The number of nitrogens with zero attached hydrogens (tertiary/aromatic N) is 1. The van der Waals surface area contributed by atoms with Crippen molar-refractivity contribution in [3.05, 3.63) is 59.3 Å². The van der Waals surface area contributed by atoms with Crippen LogP contribution in [0.1, 0.15) is 17.4 Å². The van der Waals surface area contributed by atoms with Crippen molar-refractivity contribution in [2.45, 2.75) is 6.92 Å². The van der Waals surface area contributed by atoms with Gasteiger partial charge in [0, 0.05) is 16.8 Å². The highest BCUT2D eigenvalue weighted by atomic mass is 35.5. The van der Waals surface area contributed by atoms with Gasteiger partial charge in [0.2, 0.25) is 5.91 Å². The molecule has 0 saturated carbocycles. The number of hydrogen-bond donors (Lipinski definition) is 3. The molecule has 0 spiro atoms. The Morgan fingerprint density at radius 3 is 2.62 bits per heavy atom. The minimum atomic E-state index is -0.727. The summed E-state index contributed by atoms with van der Waals surface area (Å²) in [5, 5.41) is 8.92.